The van der Waals surface area contributed by atoms with Gasteiger partial charge in [0.1, 0.15) is 12.6 Å². The number of nitrogens with one attached hydrogen (secondary N) is 1. The van der Waals surface area contributed by atoms with Gasteiger partial charge >= 0.3 is 0 Å². The topological polar surface area (TPSA) is 86.8 Å². The standard InChI is InChI=1S/C33H40ClN3O4S2/c1-4-31(33(39)35-26-11-6-5-7-12-26)36(22-25-10-8-9-13-30(25)34)32(38)23-37(27-16-14-24(2)15-17-27)43(40,41)29-20-18-28(42-3)19-21-29/h8-10,13-21,26,31H,4-7,11-12,22-23H2,1-3H3,(H,35,39)/t31-/m0/s1. The maximum absolute atomic E-state index is 14.3. The van der Waals surface area contributed by atoms with Crippen molar-refractivity contribution in [3.63, 3.8) is 0 Å². The van der Waals surface area contributed by atoms with Crippen LogP contribution < -0.4 is 9.62 Å². The van der Waals surface area contributed by atoms with E-state index in [1.807, 2.05) is 44.4 Å². The van der Waals surface area contributed by atoms with Gasteiger partial charge in [-0.3, -0.25) is 13.9 Å². The summed E-state index contributed by atoms with van der Waals surface area (Å²) in [4.78, 5) is 30.4. The maximum Gasteiger partial charge on any atom is 0.264 e. The highest BCUT2D eigenvalue weighted by Crippen LogP contribution is 2.27. The van der Waals surface area contributed by atoms with E-state index in [9.17, 15) is 18.0 Å². The minimum absolute atomic E-state index is 0.0688. The Morgan fingerprint density at radius 2 is 1.63 bits per heavy atom. The number of hydrogen-bond donors (Lipinski definition) is 1. The molecule has 0 heterocycles. The summed E-state index contributed by atoms with van der Waals surface area (Å²) in [6.07, 6.45) is 7.39. The second-order valence-electron chi connectivity index (χ2n) is 10.9. The first kappa shape index (κ1) is 32.9. The molecule has 1 aliphatic rings. The van der Waals surface area contributed by atoms with Gasteiger partial charge in [-0.25, -0.2) is 8.42 Å². The zero-order valence-electron chi connectivity index (χ0n) is 25.0. The first-order valence-corrected chi connectivity index (χ1v) is 17.7. The van der Waals surface area contributed by atoms with Crippen molar-refractivity contribution in [3.8, 4) is 0 Å². The van der Waals surface area contributed by atoms with E-state index in [4.69, 9.17) is 11.6 Å². The third kappa shape index (κ3) is 8.34. The number of hydrogen-bond acceptors (Lipinski definition) is 5. The summed E-state index contributed by atoms with van der Waals surface area (Å²) < 4.78 is 29.3. The smallest absolute Gasteiger partial charge is 0.264 e. The van der Waals surface area contributed by atoms with Crippen molar-refractivity contribution < 1.29 is 18.0 Å². The van der Waals surface area contributed by atoms with Crippen LogP contribution in [0, 0.1) is 6.92 Å². The molecule has 0 aromatic heterocycles. The third-order valence-corrected chi connectivity index (χ3v) is 10.8. The predicted molar refractivity (Wildman–Crippen MR) is 175 cm³/mol. The fourth-order valence-electron chi connectivity index (χ4n) is 5.39. The van der Waals surface area contributed by atoms with E-state index in [1.165, 1.54) is 16.7 Å². The summed E-state index contributed by atoms with van der Waals surface area (Å²) in [6.45, 7) is 3.36. The Kier molecular flexibility index (Phi) is 11.6. The van der Waals surface area contributed by atoms with E-state index < -0.39 is 28.5 Å². The SMILES string of the molecule is CC[C@@H](C(=O)NC1CCCCC1)N(Cc1ccccc1Cl)C(=O)CN(c1ccc(C)cc1)S(=O)(=O)c1ccc(SC)cc1. The van der Waals surface area contributed by atoms with E-state index in [0.29, 0.717) is 22.7 Å². The zero-order valence-corrected chi connectivity index (χ0v) is 27.4. The van der Waals surface area contributed by atoms with Gasteiger partial charge in [0.25, 0.3) is 10.0 Å². The largest absolute Gasteiger partial charge is 0.352 e. The molecule has 0 saturated heterocycles. The molecule has 0 spiro atoms. The summed E-state index contributed by atoms with van der Waals surface area (Å²) in [5.74, 6) is -0.720. The van der Waals surface area contributed by atoms with Crippen LogP contribution in [0.3, 0.4) is 0 Å². The number of benzene rings is 3. The van der Waals surface area contributed by atoms with Gasteiger partial charge in [-0.1, -0.05) is 73.7 Å². The summed E-state index contributed by atoms with van der Waals surface area (Å²) in [7, 11) is -4.13. The Bertz CT molecular complexity index is 1490. The number of thioether (sulfide) groups is 1. The molecule has 4 rings (SSSR count). The van der Waals surface area contributed by atoms with Crippen molar-refractivity contribution in [3.05, 3.63) is 88.9 Å². The van der Waals surface area contributed by atoms with Gasteiger partial charge in [0.15, 0.2) is 0 Å². The molecule has 2 amide bonds. The molecule has 1 aliphatic carbocycles. The molecule has 7 nitrogen and oxygen atoms in total. The average molecular weight is 642 g/mol. The minimum Gasteiger partial charge on any atom is -0.352 e. The van der Waals surface area contributed by atoms with Crippen LogP contribution >= 0.6 is 23.4 Å². The Morgan fingerprint density at radius 1 is 0.977 bits per heavy atom. The molecule has 3 aromatic carbocycles. The van der Waals surface area contributed by atoms with Gasteiger partial charge < -0.3 is 10.2 Å². The number of aryl methyl sites for hydroxylation is 1. The molecule has 1 fully saturated rings. The lowest BCUT2D eigenvalue weighted by molar-refractivity contribution is -0.140. The van der Waals surface area contributed by atoms with Crippen LogP contribution in [0.1, 0.15) is 56.6 Å². The molecule has 0 aliphatic heterocycles. The molecule has 3 aromatic rings. The van der Waals surface area contributed by atoms with Gasteiger partial charge in [-0.15, -0.1) is 11.8 Å². The Balaban J connectivity index is 1.71. The first-order valence-electron chi connectivity index (χ1n) is 14.7. The van der Waals surface area contributed by atoms with Crippen molar-refractivity contribution >= 4 is 50.9 Å². The van der Waals surface area contributed by atoms with E-state index >= 15 is 0 Å². The van der Waals surface area contributed by atoms with Gasteiger partial charge in [-0.05, 0) is 80.5 Å². The van der Waals surface area contributed by atoms with Gasteiger partial charge in [-0.2, -0.15) is 0 Å². The van der Waals surface area contributed by atoms with Crippen LogP contribution in [0.5, 0.6) is 0 Å². The van der Waals surface area contributed by atoms with Crippen molar-refractivity contribution in [2.24, 2.45) is 0 Å². The van der Waals surface area contributed by atoms with Crippen molar-refractivity contribution in [2.45, 2.75) is 80.8 Å². The fraction of sp³-hybridized carbons (Fsp3) is 0.394. The van der Waals surface area contributed by atoms with Gasteiger partial charge in [0.05, 0.1) is 10.6 Å². The molecule has 10 heteroatoms. The third-order valence-electron chi connectivity index (χ3n) is 7.88. The van der Waals surface area contributed by atoms with E-state index in [-0.39, 0.29) is 23.4 Å². The first-order chi connectivity index (χ1) is 20.6. The molecule has 43 heavy (non-hydrogen) atoms. The maximum atomic E-state index is 14.3. The van der Waals surface area contributed by atoms with Crippen molar-refractivity contribution in [1.82, 2.24) is 10.2 Å². The minimum atomic E-state index is -4.13. The summed E-state index contributed by atoms with van der Waals surface area (Å²) in [6, 6.07) is 20.1. The molecule has 230 valence electrons. The highest BCUT2D eigenvalue weighted by Gasteiger charge is 2.34. The fourth-order valence-corrected chi connectivity index (χ4v) is 7.41. The number of anilines is 1. The lowest BCUT2D eigenvalue weighted by Crippen LogP contribution is -2.54. The molecule has 0 bridgehead atoms. The van der Waals surface area contributed by atoms with E-state index in [1.54, 1.807) is 48.5 Å². The van der Waals surface area contributed by atoms with Crippen LogP contribution in [0.25, 0.3) is 0 Å². The number of nitrogens with zero attached hydrogens (tertiary/aromatic N) is 2. The molecule has 1 saturated carbocycles. The van der Waals surface area contributed by atoms with Crippen LogP contribution in [0.2, 0.25) is 5.02 Å². The normalized spacial score (nSPS) is 14.6. The van der Waals surface area contributed by atoms with Crippen LogP contribution in [0.4, 0.5) is 5.69 Å². The van der Waals surface area contributed by atoms with E-state index in [0.717, 1.165) is 46.9 Å². The number of carbonyl (C=O) groups is 2. The number of amides is 2. The number of halogens is 1. The molecule has 1 N–H and O–H groups in total. The van der Waals surface area contributed by atoms with Crippen LogP contribution in [0.15, 0.2) is 82.6 Å². The lowest BCUT2D eigenvalue weighted by Gasteiger charge is -2.34. The molecule has 0 radical (unpaired) electrons. The highest BCUT2D eigenvalue weighted by atomic mass is 35.5. The lowest BCUT2D eigenvalue weighted by atomic mass is 9.95. The summed E-state index contributed by atoms with van der Waals surface area (Å²) in [5.41, 5.74) is 2.01. The molecule has 1 atom stereocenters. The van der Waals surface area contributed by atoms with Gasteiger partial charge in [0, 0.05) is 22.5 Å². The Morgan fingerprint density at radius 3 is 2.23 bits per heavy atom. The van der Waals surface area contributed by atoms with Crippen LogP contribution in [-0.4, -0.2) is 50.0 Å². The van der Waals surface area contributed by atoms with Crippen molar-refractivity contribution in [2.75, 3.05) is 17.1 Å². The average Bonchev–Trinajstić information content (AvgIpc) is 3.01. The number of sulfonamides is 1. The molecular weight excluding hydrogens is 602 g/mol. The Labute approximate surface area is 265 Å². The summed E-state index contributed by atoms with van der Waals surface area (Å²) in [5, 5.41) is 3.64. The Hall–Kier alpha value is -3.01. The highest BCUT2D eigenvalue weighted by molar-refractivity contribution is 7.98. The second-order valence-corrected chi connectivity index (χ2v) is 14.1. The number of rotatable bonds is 12. The zero-order chi connectivity index (χ0) is 31.0. The predicted octanol–water partition coefficient (Wildman–Crippen LogP) is 6.82. The number of carbonyl (C=O) groups excluding carboxylic acids is 2. The van der Waals surface area contributed by atoms with Crippen LogP contribution in [-0.2, 0) is 26.2 Å². The van der Waals surface area contributed by atoms with Crippen molar-refractivity contribution in [1.29, 1.82) is 0 Å². The van der Waals surface area contributed by atoms with E-state index in [2.05, 4.69) is 5.32 Å². The molecule has 0 unspecified atom stereocenters. The quantitative estimate of drug-likeness (QED) is 0.219. The monoisotopic (exact) mass is 641 g/mol. The molecular formula is C33H40ClN3O4S2. The van der Waals surface area contributed by atoms with Gasteiger partial charge in [0.2, 0.25) is 11.8 Å². The summed E-state index contributed by atoms with van der Waals surface area (Å²) >= 11 is 8.02. The second kappa shape index (κ2) is 15.1.